The standard InChI is InChI=1S/C13H19NO3/c1-3-8-14(9-4-2)13(17)12-10(15)6-5-7-11(12)16/h5-7,15-16H,3-4,8-9H2,1-2H3. The number of phenolic OH excluding ortho intramolecular Hbond substituents is 2. The number of hydrogen-bond donors (Lipinski definition) is 2. The zero-order valence-electron chi connectivity index (χ0n) is 10.3. The molecule has 0 unspecified atom stereocenters. The summed E-state index contributed by atoms with van der Waals surface area (Å²) in [4.78, 5) is 13.8. The lowest BCUT2D eigenvalue weighted by Gasteiger charge is -2.22. The fourth-order valence-electron chi connectivity index (χ4n) is 1.76. The highest BCUT2D eigenvalue weighted by molar-refractivity contribution is 5.99. The molecule has 0 fully saturated rings. The van der Waals surface area contributed by atoms with Crippen molar-refractivity contribution in [2.75, 3.05) is 13.1 Å². The third kappa shape index (κ3) is 3.12. The van der Waals surface area contributed by atoms with Gasteiger partial charge in [0.25, 0.3) is 5.91 Å². The Morgan fingerprint density at radius 1 is 1.12 bits per heavy atom. The molecule has 1 aromatic rings. The van der Waals surface area contributed by atoms with Gasteiger partial charge in [0, 0.05) is 13.1 Å². The van der Waals surface area contributed by atoms with Crippen LogP contribution in [0.15, 0.2) is 18.2 Å². The number of nitrogens with zero attached hydrogens (tertiary/aromatic N) is 1. The first-order valence-corrected chi connectivity index (χ1v) is 5.92. The first kappa shape index (κ1) is 13.4. The fraction of sp³-hybridized carbons (Fsp3) is 0.462. The van der Waals surface area contributed by atoms with E-state index in [0.29, 0.717) is 13.1 Å². The van der Waals surface area contributed by atoms with E-state index in [1.165, 1.54) is 18.2 Å². The summed E-state index contributed by atoms with van der Waals surface area (Å²) in [6.45, 7) is 5.22. The molecule has 0 radical (unpaired) electrons. The molecule has 94 valence electrons. The Hall–Kier alpha value is -1.71. The first-order valence-electron chi connectivity index (χ1n) is 5.92. The van der Waals surface area contributed by atoms with Crippen molar-refractivity contribution in [2.45, 2.75) is 26.7 Å². The first-order chi connectivity index (χ1) is 8.11. The zero-order chi connectivity index (χ0) is 12.8. The van der Waals surface area contributed by atoms with Gasteiger partial charge in [0.15, 0.2) is 0 Å². The molecule has 1 rings (SSSR count). The van der Waals surface area contributed by atoms with Crippen LogP contribution in [-0.2, 0) is 0 Å². The molecular formula is C13H19NO3. The predicted molar refractivity (Wildman–Crippen MR) is 66.3 cm³/mol. The molecule has 17 heavy (non-hydrogen) atoms. The van der Waals surface area contributed by atoms with Crippen molar-refractivity contribution < 1.29 is 15.0 Å². The minimum absolute atomic E-state index is 0.00519. The maximum Gasteiger partial charge on any atom is 0.261 e. The van der Waals surface area contributed by atoms with Gasteiger partial charge in [-0.15, -0.1) is 0 Å². The molecule has 0 atom stereocenters. The second-order valence-electron chi connectivity index (χ2n) is 3.96. The van der Waals surface area contributed by atoms with E-state index in [9.17, 15) is 15.0 Å². The molecule has 0 aliphatic heterocycles. The topological polar surface area (TPSA) is 60.8 Å². The Bertz CT molecular complexity index is 364. The average molecular weight is 237 g/mol. The molecule has 0 spiro atoms. The van der Waals surface area contributed by atoms with Gasteiger partial charge in [-0.25, -0.2) is 0 Å². The summed E-state index contributed by atoms with van der Waals surface area (Å²) in [6.07, 6.45) is 1.69. The number of carbonyl (C=O) groups excluding carboxylic acids is 1. The quantitative estimate of drug-likeness (QED) is 0.826. The van der Waals surface area contributed by atoms with Gasteiger partial charge in [0.2, 0.25) is 0 Å². The van der Waals surface area contributed by atoms with E-state index in [1.807, 2.05) is 13.8 Å². The van der Waals surface area contributed by atoms with E-state index >= 15 is 0 Å². The second kappa shape index (κ2) is 6.13. The summed E-state index contributed by atoms with van der Waals surface area (Å²) in [7, 11) is 0. The monoisotopic (exact) mass is 237 g/mol. The van der Waals surface area contributed by atoms with Gasteiger partial charge in [-0.2, -0.15) is 0 Å². The van der Waals surface area contributed by atoms with Crippen molar-refractivity contribution >= 4 is 5.91 Å². The summed E-state index contributed by atoms with van der Waals surface area (Å²) in [5.74, 6) is -0.663. The van der Waals surface area contributed by atoms with Crippen LogP contribution in [0.5, 0.6) is 11.5 Å². The zero-order valence-corrected chi connectivity index (χ0v) is 10.3. The minimum Gasteiger partial charge on any atom is -0.507 e. The van der Waals surface area contributed by atoms with Crippen LogP contribution in [0, 0.1) is 0 Å². The molecule has 0 aliphatic rings. The highest BCUT2D eigenvalue weighted by Crippen LogP contribution is 2.27. The number of phenols is 2. The van der Waals surface area contributed by atoms with Crippen LogP contribution in [0.4, 0.5) is 0 Å². The van der Waals surface area contributed by atoms with E-state index in [1.54, 1.807) is 4.90 Å². The highest BCUT2D eigenvalue weighted by atomic mass is 16.3. The lowest BCUT2D eigenvalue weighted by Crippen LogP contribution is -2.32. The third-order valence-corrected chi connectivity index (χ3v) is 2.51. The second-order valence-corrected chi connectivity index (χ2v) is 3.96. The van der Waals surface area contributed by atoms with Crippen molar-refractivity contribution in [3.8, 4) is 11.5 Å². The minimum atomic E-state index is -0.315. The summed E-state index contributed by atoms with van der Waals surface area (Å²) in [5.41, 5.74) is -0.00519. The van der Waals surface area contributed by atoms with E-state index in [0.717, 1.165) is 12.8 Å². The SMILES string of the molecule is CCCN(CCC)C(=O)c1c(O)cccc1O. The van der Waals surface area contributed by atoms with Crippen molar-refractivity contribution in [1.82, 2.24) is 4.90 Å². The van der Waals surface area contributed by atoms with Crippen LogP contribution in [-0.4, -0.2) is 34.1 Å². The van der Waals surface area contributed by atoms with E-state index in [-0.39, 0.29) is 23.0 Å². The van der Waals surface area contributed by atoms with Gasteiger partial charge in [0.1, 0.15) is 17.1 Å². The van der Waals surface area contributed by atoms with Crippen molar-refractivity contribution in [3.63, 3.8) is 0 Å². The lowest BCUT2D eigenvalue weighted by atomic mass is 10.1. The normalized spacial score (nSPS) is 10.2. The molecule has 0 aliphatic carbocycles. The molecule has 0 heterocycles. The lowest BCUT2D eigenvalue weighted by molar-refractivity contribution is 0.0749. The van der Waals surface area contributed by atoms with Crippen LogP contribution in [0.25, 0.3) is 0 Å². The molecule has 1 aromatic carbocycles. The fourth-order valence-corrected chi connectivity index (χ4v) is 1.76. The number of carbonyl (C=O) groups is 1. The summed E-state index contributed by atoms with van der Waals surface area (Å²) in [5, 5.41) is 19.3. The summed E-state index contributed by atoms with van der Waals surface area (Å²) in [6, 6.07) is 4.32. The van der Waals surface area contributed by atoms with E-state index in [2.05, 4.69) is 0 Å². The molecule has 2 N–H and O–H groups in total. The van der Waals surface area contributed by atoms with Crippen LogP contribution in [0.1, 0.15) is 37.0 Å². The Labute approximate surface area is 101 Å². The Morgan fingerprint density at radius 2 is 1.59 bits per heavy atom. The molecular weight excluding hydrogens is 218 g/mol. The third-order valence-electron chi connectivity index (χ3n) is 2.51. The van der Waals surface area contributed by atoms with Gasteiger partial charge >= 0.3 is 0 Å². The van der Waals surface area contributed by atoms with Crippen molar-refractivity contribution in [2.24, 2.45) is 0 Å². The van der Waals surface area contributed by atoms with Crippen LogP contribution in [0.2, 0.25) is 0 Å². The van der Waals surface area contributed by atoms with Gasteiger partial charge in [-0.05, 0) is 25.0 Å². The van der Waals surface area contributed by atoms with Crippen LogP contribution in [0.3, 0.4) is 0 Å². The molecule has 0 bridgehead atoms. The highest BCUT2D eigenvalue weighted by Gasteiger charge is 2.21. The Kier molecular flexibility index (Phi) is 4.82. The van der Waals surface area contributed by atoms with Gasteiger partial charge in [-0.3, -0.25) is 4.79 Å². The van der Waals surface area contributed by atoms with Crippen molar-refractivity contribution in [3.05, 3.63) is 23.8 Å². The maximum atomic E-state index is 12.2. The molecule has 4 heteroatoms. The van der Waals surface area contributed by atoms with E-state index in [4.69, 9.17) is 0 Å². The summed E-state index contributed by atoms with van der Waals surface area (Å²) < 4.78 is 0. The van der Waals surface area contributed by atoms with Crippen molar-refractivity contribution in [1.29, 1.82) is 0 Å². The van der Waals surface area contributed by atoms with Crippen LogP contribution >= 0.6 is 0 Å². The van der Waals surface area contributed by atoms with E-state index < -0.39 is 0 Å². The predicted octanol–water partition coefficient (Wildman–Crippen LogP) is 2.36. The Morgan fingerprint density at radius 3 is 2.00 bits per heavy atom. The Balaban J connectivity index is 3.00. The number of aromatic hydroxyl groups is 2. The molecule has 4 nitrogen and oxygen atoms in total. The molecule has 0 saturated heterocycles. The van der Waals surface area contributed by atoms with Crippen LogP contribution < -0.4 is 0 Å². The van der Waals surface area contributed by atoms with Gasteiger partial charge in [0.05, 0.1) is 0 Å². The average Bonchev–Trinajstić information content (AvgIpc) is 2.28. The maximum absolute atomic E-state index is 12.2. The molecule has 0 aromatic heterocycles. The molecule has 0 saturated carbocycles. The number of hydrogen-bond acceptors (Lipinski definition) is 3. The summed E-state index contributed by atoms with van der Waals surface area (Å²) >= 11 is 0. The molecule has 1 amide bonds. The number of amides is 1. The van der Waals surface area contributed by atoms with Gasteiger partial charge in [-0.1, -0.05) is 19.9 Å². The number of benzene rings is 1. The van der Waals surface area contributed by atoms with Gasteiger partial charge < -0.3 is 15.1 Å². The largest absolute Gasteiger partial charge is 0.507 e. The number of rotatable bonds is 5. The smallest absolute Gasteiger partial charge is 0.261 e.